The summed E-state index contributed by atoms with van der Waals surface area (Å²) in [7, 11) is 0. The molecule has 2 aliphatic rings. The lowest BCUT2D eigenvalue weighted by Gasteiger charge is -2.35. The number of hydrogen-bond donors (Lipinski definition) is 3. The van der Waals surface area contributed by atoms with E-state index in [4.69, 9.17) is 0 Å². The smallest absolute Gasteiger partial charge is 0.329 e. The number of piperidine rings is 1. The number of nitrogens with zero attached hydrogens (tertiary/aromatic N) is 2. The molecule has 0 radical (unpaired) electrons. The Balaban J connectivity index is 1.85. The second-order valence-corrected chi connectivity index (χ2v) is 7.33. The number of nitrogens with one attached hydrogen (secondary N) is 1. The van der Waals surface area contributed by atoms with Crippen molar-refractivity contribution in [1.29, 1.82) is 0 Å². The first-order valence-electron chi connectivity index (χ1n) is 8.97. The van der Waals surface area contributed by atoms with Gasteiger partial charge in [-0.2, -0.15) is 0 Å². The molecular weight excluding hydrogens is 341 g/mol. The Bertz CT molecular complexity index is 969. The third-order valence-corrected chi connectivity index (χ3v) is 5.58. The molecule has 1 saturated carbocycles. The predicted octanol–water partition coefficient (Wildman–Crippen LogP) is 0.999. The van der Waals surface area contributed by atoms with Crippen LogP contribution >= 0.6 is 0 Å². The predicted molar refractivity (Wildman–Crippen MR) is 95.0 cm³/mol. The van der Waals surface area contributed by atoms with Crippen molar-refractivity contribution in [2.75, 3.05) is 18.0 Å². The van der Waals surface area contributed by atoms with Crippen molar-refractivity contribution in [2.45, 2.75) is 44.9 Å². The van der Waals surface area contributed by atoms with Crippen molar-refractivity contribution < 1.29 is 14.6 Å². The molecule has 0 amide bonds. The van der Waals surface area contributed by atoms with Gasteiger partial charge in [0.05, 0.1) is 16.6 Å². The van der Waals surface area contributed by atoms with E-state index >= 15 is 0 Å². The number of hydrogen-bond acceptors (Lipinski definition) is 5. The molecule has 140 valence electrons. The van der Waals surface area contributed by atoms with E-state index in [0.717, 1.165) is 12.8 Å². The minimum Gasteiger partial charge on any atom is -0.369 e. The quantitative estimate of drug-likeness (QED) is 0.707. The molecule has 0 bridgehead atoms. The van der Waals surface area contributed by atoms with Crippen molar-refractivity contribution >= 4 is 16.6 Å². The van der Waals surface area contributed by atoms with Gasteiger partial charge in [-0.3, -0.25) is 14.3 Å². The monoisotopic (exact) mass is 363 g/mol. The fourth-order valence-electron chi connectivity index (χ4n) is 4.06. The number of aliphatic hydroxyl groups excluding tert-OH is 1. The molecule has 0 unspecified atom stereocenters. The summed E-state index contributed by atoms with van der Waals surface area (Å²) in [5, 5.41) is 18.9. The number of aryl methyl sites for hydroxylation is 1. The summed E-state index contributed by atoms with van der Waals surface area (Å²) in [5.74, 6) is -0.716. The van der Waals surface area contributed by atoms with Crippen molar-refractivity contribution in [3.05, 3.63) is 38.3 Å². The second kappa shape index (κ2) is 6.21. The number of aromatic nitrogens is 2. The average Bonchev–Trinajstić information content (AvgIpc) is 3.41. The fraction of sp³-hybridized carbons (Fsp3) is 0.556. The van der Waals surface area contributed by atoms with E-state index in [0.29, 0.717) is 42.7 Å². The van der Waals surface area contributed by atoms with Gasteiger partial charge in [0.15, 0.2) is 6.29 Å². The highest BCUT2D eigenvalue weighted by Crippen LogP contribution is 2.39. The van der Waals surface area contributed by atoms with Gasteiger partial charge >= 0.3 is 5.69 Å². The number of aromatic amines is 1. The fourth-order valence-corrected chi connectivity index (χ4v) is 4.06. The van der Waals surface area contributed by atoms with Crippen LogP contribution in [0.5, 0.6) is 0 Å². The standard InChI is InChI=1S/C18H22FN3O4/c1-9-14-12(16(23)20-18(26)22(14)11-2-3-11)8-13(19)15(9)21-6-4-10(5-7-21)17(24)25/h8,10-11,17,24-25H,2-7H2,1H3,(H,20,23,26). The Morgan fingerprint density at radius 3 is 2.42 bits per heavy atom. The lowest BCUT2D eigenvalue weighted by atomic mass is 9.95. The Kier molecular flexibility index (Phi) is 4.11. The van der Waals surface area contributed by atoms with Crippen LogP contribution in [-0.4, -0.2) is 39.1 Å². The van der Waals surface area contributed by atoms with Crippen LogP contribution in [0.4, 0.5) is 10.1 Å². The molecule has 1 aliphatic carbocycles. The zero-order valence-corrected chi connectivity index (χ0v) is 14.5. The average molecular weight is 363 g/mol. The lowest BCUT2D eigenvalue weighted by Crippen LogP contribution is -2.39. The van der Waals surface area contributed by atoms with Crippen LogP contribution in [-0.2, 0) is 0 Å². The number of H-pyrrole nitrogens is 1. The first-order valence-corrected chi connectivity index (χ1v) is 8.97. The highest BCUT2D eigenvalue weighted by molar-refractivity contribution is 5.87. The summed E-state index contributed by atoms with van der Waals surface area (Å²) in [6.45, 7) is 2.72. The molecule has 7 nitrogen and oxygen atoms in total. The Labute approximate surface area is 148 Å². The summed E-state index contributed by atoms with van der Waals surface area (Å²) in [6.07, 6.45) is 1.46. The number of benzene rings is 1. The molecule has 2 fully saturated rings. The molecule has 8 heteroatoms. The van der Waals surface area contributed by atoms with Crippen LogP contribution in [0.3, 0.4) is 0 Å². The zero-order chi connectivity index (χ0) is 18.6. The van der Waals surface area contributed by atoms with E-state index in [9.17, 15) is 24.2 Å². The summed E-state index contributed by atoms with van der Waals surface area (Å²) < 4.78 is 16.5. The van der Waals surface area contributed by atoms with E-state index in [1.165, 1.54) is 6.07 Å². The maximum atomic E-state index is 14.9. The first kappa shape index (κ1) is 17.2. The van der Waals surface area contributed by atoms with Crippen LogP contribution in [0, 0.1) is 18.7 Å². The van der Waals surface area contributed by atoms with Gasteiger partial charge in [0.2, 0.25) is 0 Å². The molecule has 1 aliphatic heterocycles. The molecular formula is C18H22FN3O4. The third kappa shape index (κ3) is 2.73. The van der Waals surface area contributed by atoms with Crippen molar-refractivity contribution in [3.63, 3.8) is 0 Å². The highest BCUT2D eigenvalue weighted by Gasteiger charge is 2.31. The van der Waals surface area contributed by atoms with Crippen LogP contribution in [0.25, 0.3) is 10.9 Å². The molecule has 2 aromatic rings. The molecule has 1 aromatic carbocycles. The number of fused-ring (bicyclic) bond motifs is 1. The van der Waals surface area contributed by atoms with E-state index in [-0.39, 0.29) is 17.3 Å². The first-order chi connectivity index (χ1) is 12.4. The topological polar surface area (TPSA) is 98.6 Å². The van der Waals surface area contributed by atoms with Gasteiger partial charge in [-0.25, -0.2) is 9.18 Å². The van der Waals surface area contributed by atoms with Gasteiger partial charge in [0, 0.05) is 30.6 Å². The molecule has 0 spiro atoms. The zero-order valence-electron chi connectivity index (χ0n) is 14.5. The van der Waals surface area contributed by atoms with E-state index in [2.05, 4.69) is 4.98 Å². The third-order valence-electron chi connectivity index (χ3n) is 5.58. The van der Waals surface area contributed by atoms with Crippen LogP contribution < -0.4 is 16.1 Å². The SMILES string of the molecule is Cc1c(N2CCC(C(O)O)CC2)c(F)cc2c(=O)[nH]c(=O)n(C3CC3)c12. The summed E-state index contributed by atoms with van der Waals surface area (Å²) in [4.78, 5) is 28.7. The molecule has 2 heterocycles. The molecule has 4 rings (SSSR count). The summed E-state index contributed by atoms with van der Waals surface area (Å²) in [5.41, 5.74) is 0.452. The second-order valence-electron chi connectivity index (χ2n) is 7.33. The van der Waals surface area contributed by atoms with Crippen molar-refractivity contribution in [1.82, 2.24) is 9.55 Å². The maximum absolute atomic E-state index is 14.9. The van der Waals surface area contributed by atoms with Gasteiger partial charge in [-0.1, -0.05) is 0 Å². The largest absolute Gasteiger partial charge is 0.369 e. The van der Waals surface area contributed by atoms with Gasteiger partial charge < -0.3 is 15.1 Å². The van der Waals surface area contributed by atoms with Gasteiger partial charge in [-0.05, 0) is 38.7 Å². The maximum Gasteiger partial charge on any atom is 0.329 e. The summed E-state index contributed by atoms with van der Waals surface area (Å²) >= 11 is 0. The van der Waals surface area contributed by atoms with Crippen LogP contribution in [0.1, 0.15) is 37.3 Å². The van der Waals surface area contributed by atoms with E-state index in [1.54, 1.807) is 11.5 Å². The number of rotatable bonds is 3. The summed E-state index contributed by atoms with van der Waals surface area (Å²) in [6, 6.07) is 1.26. The Morgan fingerprint density at radius 1 is 1.19 bits per heavy atom. The molecule has 0 atom stereocenters. The Morgan fingerprint density at radius 2 is 1.85 bits per heavy atom. The van der Waals surface area contributed by atoms with Crippen LogP contribution in [0.2, 0.25) is 0 Å². The van der Waals surface area contributed by atoms with Gasteiger partial charge in [0.25, 0.3) is 5.56 Å². The van der Waals surface area contributed by atoms with Crippen molar-refractivity contribution in [2.24, 2.45) is 5.92 Å². The van der Waals surface area contributed by atoms with Crippen LogP contribution in [0.15, 0.2) is 15.7 Å². The minimum absolute atomic E-state index is 0.0501. The molecule has 26 heavy (non-hydrogen) atoms. The Hall–Kier alpha value is -2.19. The number of halogens is 1. The minimum atomic E-state index is -1.36. The molecule has 1 aromatic heterocycles. The normalized spacial score (nSPS) is 18.9. The molecule has 3 N–H and O–H groups in total. The van der Waals surface area contributed by atoms with Crippen molar-refractivity contribution in [3.8, 4) is 0 Å². The van der Waals surface area contributed by atoms with E-state index < -0.39 is 23.4 Å². The van der Waals surface area contributed by atoms with Gasteiger partial charge in [0.1, 0.15) is 5.82 Å². The van der Waals surface area contributed by atoms with E-state index in [1.807, 2.05) is 4.90 Å². The lowest BCUT2D eigenvalue weighted by molar-refractivity contribution is -0.0893. The van der Waals surface area contributed by atoms with Gasteiger partial charge in [-0.15, -0.1) is 0 Å². The molecule has 1 saturated heterocycles. The highest BCUT2D eigenvalue weighted by atomic mass is 19.1. The number of aliphatic hydroxyl groups is 2. The number of anilines is 1.